The molecule has 1 amide bonds. The monoisotopic (exact) mass is 362 g/mol. The molecule has 6 nitrogen and oxygen atoms in total. The van der Waals surface area contributed by atoms with E-state index < -0.39 is 0 Å². The summed E-state index contributed by atoms with van der Waals surface area (Å²) >= 11 is 6.11. The lowest BCUT2D eigenvalue weighted by atomic mass is 10.2. The van der Waals surface area contributed by atoms with Crippen molar-refractivity contribution in [1.29, 1.82) is 0 Å². The summed E-state index contributed by atoms with van der Waals surface area (Å²) in [5, 5.41) is 9.62. The van der Waals surface area contributed by atoms with E-state index in [4.69, 9.17) is 16.0 Å². The summed E-state index contributed by atoms with van der Waals surface area (Å²) in [5.41, 5.74) is 1.67. The fraction of sp³-hybridized carbons (Fsp3) is 0.333. The summed E-state index contributed by atoms with van der Waals surface area (Å²) in [6, 6.07) is 9.32. The predicted molar refractivity (Wildman–Crippen MR) is 101 cm³/mol. The lowest BCUT2D eigenvalue weighted by Crippen LogP contribution is -2.39. The van der Waals surface area contributed by atoms with Crippen LogP contribution in [0.2, 0.25) is 5.02 Å². The van der Waals surface area contributed by atoms with Gasteiger partial charge >= 0.3 is 0 Å². The highest BCUT2D eigenvalue weighted by Crippen LogP contribution is 2.22. The molecule has 0 aliphatic rings. The van der Waals surface area contributed by atoms with Gasteiger partial charge in [-0.2, -0.15) is 0 Å². The van der Waals surface area contributed by atoms with Gasteiger partial charge in [-0.1, -0.05) is 17.7 Å². The van der Waals surface area contributed by atoms with Gasteiger partial charge in [0.05, 0.1) is 17.0 Å². The molecule has 2 aromatic rings. The Morgan fingerprint density at radius 2 is 2.04 bits per heavy atom. The lowest BCUT2D eigenvalue weighted by Gasteiger charge is -2.12. The van der Waals surface area contributed by atoms with E-state index in [1.54, 1.807) is 19.4 Å². The van der Waals surface area contributed by atoms with E-state index >= 15 is 0 Å². The van der Waals surface area contributed by atoms with Crippen LogP contribution < -0.4 is 16.0 Å². The third-order valence-electron chi connectivity index (χ3n) is 3.51. The molecule has 1 aromatic carbocycles. The number of carbonyl (C=O) groups excluding carboxylic acids is 1. The van der Waals surface area contributed by atoms with Crippen LogP contribution >= 0.6 is 11.6 Å². The summed E-state index contributed by atoms with van der Waals surface area (Å²) in [6.45, 7) is 3.11. The molecule has 3 N–H and O–H groups in total. The number of halogens is 1. The minimum atomic E-state index is -0.107. The topological polar surface area (TPSA) is 78.7 Å². The number of aryl methyl sites for hydroxylation is 1. The quantitative estimate of drug-likeness (QED) is 0.522. The minimum Gasteiger partial charge on any atom is -0.469 e. The van der Waals surface area contributed by atoms with E-state index in [-0.39, 0.29) is 5.91 Å². The number of carbonyl (C=O) groups is 1. The van der Waals surface area contributed by atoms with Gasteiger partial charge in [-0.3, -0.25) is 9.79 Å². The fourth-order valence-electron chi connectivity index (χ4n) is 2.21. The van der Waals surface area contributed by atoms with Crippen molar-refractivity contribution in [1.82, 2.24) is 10.6 Å². The zero-order chi connectivity index (χ0) is 18.1. The maximum Gasteiger partial charge on any atom is 0.226 e. The number of amides is 1. The van der Waals surface area contributed by atoms with Crippen molar-refractivity contribution in [3.8, 4) is 0 Å². The molecule has 0 radical (unpaired) electrons. The highest BCUT2D eigenvalue weighted by molar-refractivity contribution is 6.33. The largest absolute Gasteiger partial charge is 0.469 e. The van der Waals surface area contributed by atoms with E-state index in [0.717, 1.165) is 17.7 Å². The average Bonchev–Trinajstić information content (AvgIpc) is 3.09. The summed E-state index contributed by atoms with van der Waals surface area (Å²) < 4.78 is 5.27. The lowest BCUT2D eigenvalue weighted by molar-refractivity contribution is -0.116. The van der Waals surface area contributed by atoms with Crippen LogP contribution in [0.15, 0.2) is 46.0 Å². The third-order valence-corrected chi connectivity index (χ3v) is 3.82. The number of furan rings is 1. The summed E-state index contributed by atoms with van der Waals surface area (Å²) in [6.07, 6.45) is 2.73. The van der Waals surface area contributed by atoms with Crippen molar-refractivity contribution in [2.24, 2.45) is 4.99 Å². The van der Waals surface area contributed by atoms with E-state index in [0.29, 0.717) is 36.2 Å². The number of hydrogen-bond donors (Lipinski definition) is 3. The Balaban J connectivity index is 1.68. The van der Waals surface area contributed by atoms with E-state index in [1.165, 1.54) is 0 Å². The van der Waals surface area contributed by atoms with Crippen LogP contribution in [0.4, 0.5) is 5.69 Å². The van der Waals surface area contributed by atoms with Crippen molar-refractivity contribution in [3.05, 3.63) is 52.9 Å². The number of rotatable bonds is 7. The number of anilines is 1. The Morgan fingerprint density at radius 1 is 1.24 bits per heavy atom. The highest BCUT2D eigenvalue weighted by Gasteiger charge is 2.06. The Kier molecular flexibility index (Phi) is 7.35. The molecule has 0 aliphatic heterocycles. The second-order valence-electron chi connectivity index (χ2n) is 5.54. The molecule has 7 heteroatoms. The molecule has 0 aliphatic carbocycles. The second-order valence-corrected chi connectivity index (χ2v) is 5.94. The number of nitrogens with one attached hydrogen (secondary N) is 3. The van der Waals surface area contributed by atoms with E-state index in [2.05, 4.69) is 20.9 Å². The molecule has 25 heavy (non-hydrogen) atoms. The molecule has 1 aromatic heterocycles. The maximum absolute atomic E-state index is 12.0. The molecule has 134 valence electrons. The summed E-state index contributed by atoms with van der Waals surface area (Å²) in [7, 11) is 1.69. The number of benzene rings is 1. The van der Waals surface area contributed by atoms with Crippen molar-refractivity contribution in [2.45, 2.75) is 19.8 Å². The summed E-state index contributed by atoms with van der Waals surface area (Å²) in [5.74, 6) is 1.45. The van der Waals surface area contributed by atoms with Gasteiger partial charge in [-0.15, -0.1) is 0 Å². The van der Waals surface area contributed by atoms with Gasteiger partial charge in [0.2, 0.25) is 5.91 Å². The first-order valence-corrected chi connectivity index (χ1v) is 8.49. The molecule has 0 saturated carbocycles. The maximum atomic E-state index is 12.0. The van der Waals surface area contributed by atoms with Gasteiger partial charge in [0.25, 0.3) is 0 Å². The molecule has 0 atom stereocenters. The van der Waals surface area contributed by atoms with Gasteiger partial charge in [0.15, 0.2) is 5.96 Å². The standard InChI is InChI=1S/C18H23ClN4O2/c1-13-5-6-16(15(19)12-13)23-17(24)8-10-22-18(20-2)21-9-7-14-4-3-11-25-14/h3-6,11-12H,7-10H2,1-2H3,(H,23,24)(H2,20,21,22). The number of aliphatic imine (C=N–C) groups is 1. The van der Waals surface area contributed by atoms with Crippen molar-refractivity contribution >= 4 is 29.2 Å². The highest BCUT2D eigenvalue weighted by atomic mass is 35.5. The van der Waals surface area contributed by atoms with Gasteiger partial charge in [0.1, 0.15) is 5.76 Å². The van der Waals surface area contributed by atoms with Gasteiger partial charge in [-0.25, -0.2) is 0 Å². The average molecular weight is 363 g/mol. The predicted octanol–water partition coefficient (Wildman–Crippen LogP) is 2.98. The molecule has 0 unspecified atom stereocenters. The first-order valence-electron chi connectivity index (χ1n) is 8.11. The molecule has 0 fully saturated rings. The molecule has 2 rings (SSSR count). The smallest absolute Gasteiger partial charge is 0.226 e. The minimum absolute atomic E-state index is 0.107. The van der Waals surface area contributed by atoms with Crippen molar-refractivity contribution in [2.75, 3.05) is 25.5 Å². The molecule has 1 heterocycles. The Hall–Kier alpha value is -2.47. The zero-order valence-corrected chi connectivity index (χ0v) is 15.2. The molecule has 0 spiro atoms. The van der Waals surface area contributed by atoms with Crippen LogP contribution in [-0.2, 0) is 11.2 Å². The van der Waals surface area contributed by atoms with Crippen molar-refractivity contribution < 1.29 is 9.21 Å². The zero-order valence-electron chi connectivity index (χ0n) is 14.4. The van der Waals surface area contributed by atoms with Crippen LogP contribution in [0, 0.1) is 6.92 Å². The Bertz CT molecular complexity index is 714. The van der Waals surface area contributed by atoms with E-state index in [1.807, 2.05) is 31.2 Å². The van der Waals surface area contributed by atoms with Gasteiger partial charge < -0.3 is 20.4 Å². The van der Waals surface area contributed by atoms with Gasteiger partial charge in [-0.05, 0) is 36.8 Å². The first-order chi connectivity index (χ1) is 12.1. The van der Waals surface area contributed by atoms with Gasteiger partial charge in [0, 0.05) is 33.0 Å². The Labute approximate surface area is 152 Å². The number of guanidine groups is 1. The second kappa shape index (κ2) is 9.74. The number of hydrogen-bond acceptors (Lipinski definition) is 3. The normalized spacial score (nSPS) is 11.2. The van der Waals surface area contributed by atoms with Crippen LogP contribution in [-0.4, -0.2) is 32.0 Å². The number of nitrogens with zero attached hydrogens (tertiary/aromatic N) is 1. The van der Waals surface area contributed by atoms with Crippen LogP contribution in [0.3, 0.4) is 0 Å². The van der Waals surface area contributed by atoms with Crippen LogP contribution in [0.25, 0.3) is 0 Å². The molecular weight excluding hydrogens is 340 g/mol. The fourth-order valence-corrected chi connectivity index (χ4v) is 2.49. The summed E-state index contributed by atoms with van der Waals surface area (Å²) in [4.78, 5) is 16.1. The molecule has 0 saturated heterocycles. The van der Waals surface area contributed by atoms with Crippen LogP contribution in [0.5, 0.6) is 0 Å². The van der Waals surface area contributed by atoms with Crippen LogP contribution in [0.1, 0.15) is 17.7 Å². The SMILES string of the molecule is CN=C(NCCC(=O)Nc1ccc(C)cc1Cl)NCCc1ccco1. The van der Waals surface area contributed by atoms with Crippen molar-refractivity contribution in [3.63, 3.8) is 0 Å². The molecule has 0 bridgehead atoms. The third kappa shape index (κ3) is 6.51. The molecular formula is C18H23ClN4O2. The Morgan fingerprint density at radius 3 is 2.72 bits per heavy atom. The first kappa shape index (κ1) is 18.9. The van der Waals surface area contributed by atoms with E-state index in [9.17, 15) is 4.79 Å².